The molecule has 1 heterocycles. The van der Waals surface area contributed by atoms with Gasteiger partial charge in [0.2, 0.25) is 5.91 Å². The highest BCUT2D eigenvalue weighted by molar-refractivity contribution is 6.15. The fourth-order valence-electron chi connectivity index (χ4n) is 2.52. The molecule has 0 aromatic heterocycles. The number of para-hydroxylation sites is 1. The number of benzene rings is 2. The van der Waals surface area contributed by atoms with Crippen LogP contribution in [0.15, 0.2) is 54.2 Å². The van der Waals surface area contributed by atoms with E-state index in [4.69, 9.17) is 0 Å². The van der Waals surface area contributed by atoms with Crippen molar-refractivity contribution >= 4 is 35.3 Å². The summed E-state index contributed by atoms with van der Waals surface area (Å²) in [6.07, 6.45) is 1.22. The number of rotatable bonds is 5. The van der Waals surface area contributed by atoms with Crippen molar-refractivity contribution in [3.8, 4) is 5.75 Å². The molecule has 0 radical (unpaired) electrons. The Hall–Kier alpha value is -4.21. The minimum atomic E-state index is -0.785. The molecule has 2 aromatic carbocycles. The van der Waals surface area contributed by atoms with Gasteiger partial charge in [-0.1, -0.05) is 24.3 Å². The summed E-state index contributed by atoms with van der Waals surface area (Å²) in [7, 11) is 0. The summed E-state index contributed by atoms with van der Waals surface area (Å²) in [6, 6.07) is 11.3. The summed E-state index contributed by atoms with van der Waals surface area (Å²) in [5.41, 5.74) is 0.0678. The van der Waals surface area contributed by atoms with Crippen LogP contribution in [-0.2, 0) is 9.59 Å². The van der Waals surface area contributed by atoms with Gasteiger partial charge in [0.1, 0.15) is 12.2 Å². The Kier molecular flexibility index (Phi) is 5.03. The number of nitrogens with zero attached hydrogens (tertiary/aromatic N) is 2. The minimum Gasteiger partial charge on any atom is -0.502 e. The van der Waals surface area contributed by atoms with Crippen molar-refractivity contribution in [3.63, 3.8) is 0 Å². The fraction of sp³-hybridized carbons (Fsp3) is 0.0556. The first-order valence-electron chi connectivity index (χ1n) is 8.02. The van der Waals surface area contributed by atoms with Crippen LogP contribution >= 0.6 is 0 Å². The number of nitro benzene ring substituents is 1. The van der Waals surface area contributed by atoms with Crippen LogP contribution in [0, 0.1) is 10.1 Å². The topological polar surface area (TPSA) is 142 Å². The largest absolute Gasteiger partial charge is 0.502 e. The van der Waals surface area contributed by atoms with Crippen LogP contribution in [0.25, 0.3) is 6.08 Å². The Labute approximate surface area is 158 Å². The van der Waals surface area contributed by atoms with Crippen molar-refractivity contribution in [2.24, 2.45) is 0 Å². The molecule has 1 aliphatic rings. The molecule has 0 atom stereocenters. The first-order valence-corrected chi connectivity index (χ1v) is 8.02. The molecule has 0 unspecified atom stereocenters. The molecule has 0 aliphatic carbocycles. The smallest absolute Gasteiger partial charge is 0.329 e. The van der Waals surface area contributed by atoms with E-state index in [-0.39, 0.29) is 11.3 Å². The predicted molar refractivity (Wildman–Crippen MR) is 98.1 cm³/mol. The second-order valence-electron chi connectivity index (χ2n) is 5.80. The molecule has 4 amide bonds. The predicted octanol–water partition coefficient (Wildman–Crippen LogP) is 1.83. The van der Waals surface area contributed by atoms with E-state index >= 15 is 0 Å². The molecule has 10 nitrogen and oxygen atoms in total. The molecule has 1 saturated heterocycles. The lowest BCUT2D eigenvalue weighted by atomic mass is 10.1. The zero-order valence-corrected chi connectivity index (χ0v) is 14.3. The average molecular weight is 382 g/mol. The molecule has 0 bridgehead atoms. The summed E-state index contributed by atoms with van der Waals surface area (Å²) in [6.45, 7) is -0.493. The Balaban J connectivity index is 1.74. The number of hydrogen-bond acceptors (Lipinski definition) is 6. The number of urea groups is 1. The molecule has 28 heavy (non-hydrogen) atoms. The minimum absolute atomic E-state index is 0.141. The standard InChI is InChI=1S/C18H14N4O6/c23-15-7-6-11(9-14(15)22(27)28)8-13-17(25)21(18(26)20-13)10-16(24)19-12-4-2-1-3-5-12/h1-9,23H,10H2,(H,19,24)(H,20,26)/b13-8+. The van der Waals surface area contributed by atoms with Gasteiger partial charge in [-0.2, -0.15) is 0 Å². The van der Waals surface area contributed by atoms with E-state index < -0.39 is 40.8 Å². The Morgan fingerprint density at radius 2 is 1.93 bits per heavy atom. The molecule has 3 N–H and O–H groups in total. The first kappa shape index (κ1) is 18.6. The highest BCUT2D eigenvalue weighted by Gasteiger charge is 2.35. The Bertz CT molecular complexity index is 1000. The first-order chi connectivity index (χ1) is 13.3. The number of amides is 4. The third-order valence-electron chi connectivity index (χ3n) is 3.83. The maximum atomic E-state index is 12.4. The van der Waals surface area contributed by atoms with Gasteiger partial charge in [-0.15, -0.1) is 0 Å². The summed E-state index contributed by atoms with van der Waals surface area (Å²) >= 11 is 0. The SMILES string of the molecule is O=C(CN1C(=O)N/C(=C/c2ccc(O)c([N+](=O)[O-])c2)C1=O)Nc1ccccc1. The van der Waals surface area contributed by atoms with Crippen LogP contribution in [0.4, 0.5) is 16.2 Å². The van der Waals surface area contributed by atoms with E-state index in [0.717, 1.165) is 17.0 Å². The number of carbonyl (C=O) groups excluding carboxylic acids is 3. The lowest BCUT2D eigenvalue weighted by Crippen LogP contribution is -2.38. The second kappa shape index (κ2) is 7.58. The number of imide groups is 1. The van der Waals surface area contributed by atoms with Crippen molar-refractivity contribution < 1.29 is 24.4 Å². The monoisotopic (exact) mass is 382 g/mol. The van der Waals surface area contributed by atoms with Gasteiger partial charge < -0.3 is 15.7 Å². The lowest BCUT2D eigenvalue weighted by Gasteiger charge is -2.11. The van der Waals surface area contributed by atoms with E-state index in [1.54, 1.807) is 30.3 Å². The Morgan fingerprint density at radius 1 is 1.21 bits per heavy atom. The van der Waals surface area contributed by atoms with Crippen LogP contribution in [-0.4, -0.2) is 39.3 Å². The lowest BCUT2D eigenvalue weighted by molar-refractivity contribution is -0.385. The van der Waals surface area contributed by atoms with Crippen LogP contribution in [0.2, 0.25) is 0 Å². The summed E-state index contributed by atoms with van der Waals surface area (Å²) < 4.78 is 0. The normalized spacial score (nSPS) is 14.9. The average Bonchev–Trinajstić information content (AvgIpc) is 2.91. The number of hydrogen-bond donors (Lipinski definition) is 3. The summed E-state index contributed by atoms with van der Waals surface area (Å²) in [5.74, 6) is -1.83. The zero-order chi connectivity index (χ0) is 20.3. The highest BCUT2D eigenvalue weighted by atomic mass is 16.6. The molecule has 142 valence electrons. The molecule has 0 saturated carbocycles. The number of phenolic OH excluding ortho intramolecular Hbond substituents is 1. The van der Waals surface area contributed by atoms with Crippen molar-refractivity contribution in [2.75, 3.05) is 11.9 Å². The van der Waals surface area contributed by atoms with E-state index in [1.165, 1.54) is 12.1 Å². The zero-order valence-electron chi connectivity index (χ0n) is 14.3. The van der Waals surface area contributed by atoms with Gasteiger partial charge in [0.05, 0.1) is 4.92 Å². The molecule has 1 fully saturated rings. The van der Waals surface area contributed by atoms with Gasteiger partial charge in [-0.25, -0.2) is 9.69 Å². The molecule has 3 rings (SSSR count). The summed E-state index contributed by atoms with van der Waals surface area (Å²) in [4.78, 5) is 47.3. The summed E-state index contributed by atoms with van der Waals surface area (Å²) in [5, 5.41) is 25.2. The third kappa shape index (κ3) is 3.96. The van der Waals surface area contributed by atoms with Crippen LogP contribution in [0.5, 0.6) is 5.75 Å². The maximum absolute atomic E-state index is 12.4. The van der Waals surface area contributed by atoms with Gasteiger partial charge in [-0.05, 0) is 29.8 Å². The molecule has 2 aromatic rings. The third-order valence-corrected chi connectivity index (χ3v) is 3.83. The molecule has 0 spiro atoms. The van der Waals surface area contributed by atoms with Crippen molar-refractivity contribution in [2.45, 2.75) is 0 Å². The number of carbonyl (C=O) groups is 3. The number of nitrogens with one attached hydrogen (secondary N) is 2. The van der Waals surface area contributed by atoms with Crippen LogP contribution in [0.1, 0.15) is 5.56 Å². The Morgan fingerprint density at radius 3 is 2.61 bits per heavy atom. The van der Waals surface area contributed by atoms with Gasteiger partial charge in [0.25, 0.3) is 5.91 Å². The van der Waals surface area contributed by atoms with Gasteiger partial charge in [-0.3, -0.25) is 19.7 Å². The van der Waals surface area contributed by atoms with Crippen LogP contribution < -0.4 is 10.6 Å². The van der Waals surface area contributed by atoms with E-state index in [0.29, 0.717) is 5.69 Å². The number of anilines is 1. The molecule has 1 aliphatic heterocycles. The maximum Gasteiger partial charge on any atom is 0.329 e. The molecular weight excluding hydrogens is 368 g/mol. The second-order valence-corrected chi connectivity index (χ2v) is 5.80. The number of nitro groups is 1. The quantitative estimate of drug-likeness (QED) is 0.312. The van der Waals surface area contributed by atoms with Crippen molar-refractivity contribution in [1.29, 1.82) is 0 Å². The number of phenols is 1. The van der Waals surface area contributed by atoms with Crippen LogP contribution in [0.3, 0.4) is 0 Å². The molecule has 10 heteroatoms. The van der Waals surface area contributed by atoms with E-state index in [2.05, 4.69) is 10.6 Å². The van der Waals surface area contributed by atoms with Crippen molar-refractivity contribution in [3.05, 3.63) is 69.9 Å². The van der Waals surface area contributed by atoms with E-state index in [1.807, 2.05) is 0 Å². The molecular formula is C18H14N4O6. The van der Waals surface area contributed by atoms with Gasteiger partial charge >= 0.3 is 11.7 Å². The fourth-order valence-corrected chi connectivity index (χ4v) is 2.52. The van der Waals surface area contributed by atoms with Gasteiger partial charge in [0.15, 0.2) is 5.75 Å². The number of aromatic hydroxyl groups is 1. The van der Waals surface area contributed by atoms with Crippen molar-refractivity contribution in [1.82, 2.24) is 10.2 Å². The van der Waals surface area contributed by atoms with Gasteiger partial charge in [0, 0.05) is 11.8 Å². The highest BCUT2D eigenvalue weighted by Crippen LogP contribution is 2.27. The van der Waals surface area contributed by atoms with E-state index in [9.17, 15) is 29.6 Å².